The molecule has 1 aromatic carbocycles. The maximum atomic E-state index is 11.4. The Hall–Kier alpha value is -1.06. The van der Waals surface area contributed by atoms with Gasteiger partial charge in [0.1, 0.15) is 0 Å². The molecule has 94 valence electrons. The summed E-state index contributed by atoms with van der Waals surface area (Å²) in [6.45, 7) is 2.19. The fraction of sp³-hybridized carbons (Fsp3) is 0.462. The monoisotopic (exact) mass is 254 g/mol. The Kier molecular flexibility index (Phi) is 5.45. The second kappa shape index (κ2) is 6.62. The molecule has 1 saturated heterocycles. The topological polar surface area (TPSA) is 41.1 Å². The van der Waals surface area contributed by atoms with E-state index in [4.69, 9.17) is 0 Å². The molecule has 0 unspecified atom stereocenters. The van der Waals surface area contributed by atoms with Gasteiger partial charge in [0.05, 0.1) is 0 Å². The Labute approximate surface area is 108 Å². The maximum Gasteiger partial charge on any atom is 0.251 e. The molecule has 3 nitrogen and oxygen atoms in total. The molecule has 4 heteroatoms. The van der Waals surface area contributed by atoms with Crippen molar-refractivity contribution in [1.29, 1.82) is 0 Å². The summed E-state index contributed by atoms with van der Waals surface area (Å²) in [4.78, 5) is 11.4. The van der Waals surface area contributed by atoms with Gasteiger partial charge in [-0.05, 0) is 43.0 Å². The van der Waals surface area contributed by atoms with Gasteiger partial charge in [0.15, 0.2) is 0 Å². The van der Waals surface area contributed by atoms with Crippen LogP contribution in [0.5, 0.6) is 0 Å². The fourth-order valence-electron chi connectivity index (χ4n) is 2.19. The molecule has 1 aromatic rings. The molecule has 0 bridgehead atoms. The second-order valence-corrected chi connectivity index (χ2v) is 4.24. The van der Waals surface area contributed by atoms with Crippen LogP contribution in [-0.4, -0.2) is 26.0 Å². The van der Waals surface area contributed by atoms with E-state index in [0.29, 0.717) is 5.92 Å². The number of carbonyl (C=O) groups excluding carboxylic acids is 1. The lowest BCUT2D eigenvalue weighted by Gasteiger charge is -2.23. The molecule has 1 aliphatic rings. The highest BCUT2D eigenvalue weighted by molar-refractivity contribution is 5.93. The van der Waals surface area contributed by atoms with E-state index in [1.54, 1.807) is 7.05 Å². The first-order chi connectivity index (χ1) is 7.81. The zero-order chi connectivity index (χ0) is 11.4. The van der Waals surface area contributed by atoms with Crippen molar-refractivity contribution >= 4 is 18.3 Å². The van der Waals surface area contributed by atoms with Crippen molar-refractivity contribution in [1.82, 2.24) is 10.6 Å². The summed E-state index contributed by atoms with van der Waals surface area (Å²) < 4.78 is 0. The Morgan fingerprint density at radius 2 is 2.06 bits per heavy atom. The van der Waals surface area contributed by atoms with Crippen molar-refractivity contribution in [2.24, 2.45) is 0 Å². The van der Waals surface area contributed by atoms with Crippen LogP contribution in [0.1, 0.15) is 34.7 Å². The molecule has 0 aromatic heterocycles. The van der Waals surface area contributed by atoms with Crippen LogP contribution < -0.4 is 10.6 Å². The van der Waals surface area contributed by atoms with E-state index in [1.165, 1.54) is 18.4 Å². The molecule has 1 aliphatic heterocycles. The summed E-state index contributed by atoms with van der Waals surface area (Å²) >= 11 is 0. The first-order valence-electron chi connectivity index (χ1n) is 5.84. The minimum atomic E-state index is -0.0201. The first-order valence-corrected chi connectivity index (χ1v) is 5.84. The lowest BCUT2D eigenvalue weighted by atomic mass is 9.91. The van der Waals surface area contributed by atoms with E-state index in [1.807, 2.05) is 12.1 Å². The zero-order valence-corrected chi connectivity index (χ0v) is 10.8. The van der Waals surface area contributed by atoms with E-state index in [2.05, 4.69) is 22.8 Å². The average molecular weight is 255 g/mol. The van der Waals surface area contributed by atoms with Gasteiger partial charge in [-0.15, -0.1) is 12.4 Å². The number of rotatable bonds is 2. The molecule has 1 heterocycles. The highest BCUT2D eigenvalue weighted by Gasteiger charge is 2.15. The van der Waals surface area contributed by atoms with E-state index >= 15 is 0 Å². The van der Waals surface area contributed by atoms with E-state index in [9.17, 15) is 4.79 Å². The summed E-state index contributed by atoms with van der Waals surface area (Å²) in [5, 5.41) is 6.03. The minimum Gasteiger partial charge on any atom is -0.355 e. The number of hydrogen-bond acceptors (Lipinski definition) is 2. The number of halogens is 1. The predicted octanol–water partition coefficient (Wildman–Crippen LogP) is 1.94. The third-order valence-corrected chi connectivity index (χ3v) is 3.17. The van der Waals surface area contributed by atoms with Crippen molar-refractivity contribution in [2.75, 3.05) is 20.1 Å². The van der Waals surface area contributed by atoms with Gasteiger partial charge >= 0.3 is 0 Å². The van der Waals surface area contributed by atoms with Crippen LogP contribution in [0.15, 0.2) is 24.3 Å². The minimum absolute atomic E-state index is 0. The maximum absolute atomic E-state index is 11.4. The van der Waals surface area contributed by atoms with Crippen LogP contribution in [0, 0.1) is 0 Å². The summed E-state index contributed by atoms with van der Waals surface area (Å²) in [5.74, 6) is 0.584. The van der Waals surface area contributed by atoms with Gasteiger partial charge in [0.2, 0.25) is 0 Å². The average Bonchev–Trinajstić information content (AvgIpc) is 2.39. The van der Waals surface area contributed by atoms with Gasteiger partial charge in [-0.3, -0.25) is 4.79 Å². The molecule has 1 amide bonds. The largest absolute Gasteiger partial charge is 0.355 e. The van der Waals surface area contributed by atoms with Crippen LogP contribution in [-0.2, 0) is 0 Å². The molecular weight excluding hydrogens is 236 g/mol. The summed E-state index contributed by atoms with van der Waals surface area (Å²) in [6.07, 6.45) is 2.48. The molecule has 1 fully saturated rings. The highest BCUT2D eigenvalue weighted by atomic mass is 35.5. The van der Waals surface area contributed by atoms with Crippen LogP contribution in [0.25, 0.3) is 0 Å². The number of piperidine rings is 1. The van der Waals surface area contributed by atoms with Crippen LogP contribution in [0.4, 0.5) is 0 Å². The quantitative estimate of drug-likeness (QED) is 0.847. The summed E-state index contributed by atoms with van der Waals surface area (Å²) in [7, 11) is 1.65. The molecule has 1 atom stereocenters. The summed E-state index contributed by atoms with van der Waals surface area (Å²) in [5.41, 5.74) is 2.06. The van der Waals surface area contributed by atoms with Gasteiger partial charge in [0.25, 0.3) is 5.91 Å². The Morgan fingerprint density at radius 1 is 1.35 bits per heavy atom. The SMILES string of the molecule is CNC(=O)c1ccc([C@H]2CCCNC2)cc1.Cl. The predicted molar refractivity (Wildman–Crippen MR) is 71.9 cm³/mol. The van der Waals surface area contributed by atoms with Crippen molar-refractivity contribution in [3.63, 3.8) is 0 Å². The highest BCUT2D eigenvalue weighted by Crippen LogP contribution is 2.23. The van der Waals surface area contributed by atoms with Crippen LogP contribution in [0.3, 0.4) is 0 Å². The molecule has 2 N–H and O–H groups in total. The molecule has 0 spiro atoms. The van der Waals surface area contributed by atoms with Gasteiger partial charge in [-0.2, -0.15) is 0 Å². The number of amides is 1. The Morgan fingerprint density at radius 3 is 2.59 bits per heavy atom. The van der Waals surface area contributed by atoms with Gasteiger partial charge in [-0.1, -0.05) is 12.1 Å². The zero-order valence-electron chi connectivity index (χ0n) is 10.0. The smallest absolute Gasteiger partial charge is 0.251 e. The third kappa shape index (κ3) is 3.45. The molecule has 0 radical (unpaired) electrons. The number of carbonyl (C=O) groups is 1. The number of hydrogen-bond donors (Lipinski definition) is 2. The van der Waals surface area contributed by atoms with Gasteiger partial charge in [-0.25, -0.2) is 0 Å². The second-order valence-electron chi connectivity index (χ2n) is 4.24. The molecule has 17 heavy (non-hydrogen) atoms. The summed E-state index contributed by atoms with van der Waals surface area (Å²) in [6, 6.07) is 7.95. The lowest BCUT2D eigenvalue weighted by Crippen LogP contribution is -2.28. The van der Waals surface area contributed by atoms with Crippen LogP contribution in [0.2, 0.25) is 0 Å². The molecular formula is C13H19ClN2O. The van der Waals surface area contributed by atoms with Crippen molar-refractivity contribution in [3.05, 3.63) is 35.4 Å². The normalized spacial score (nSPS) is 19.2. The third-order valence-electron chi connectivity index (χ3n) is 3.17. The van der Waals surface area contributed by atoms with Crippen molar-refractivity contribution in [2.45, 2.75) is 18.8 Å². The van der Waals surface area contributed by atoms with Crippen molar-refractivity contribution < 1.29 is 4.79 Å². The first kappa shape index (κ1) is 14.0. The van der Waals surface area contributed by atoms with Crippen molar-refractivity contribution in [3.8, 4) is 0 Å². The van der Waals surface area contributed by atoms with Crippen LogP contribution >= 0.6 is 12.4 Å². The molecule has 0 aliphatic carbocycles. The van der Waals surface area contributed by atoms with E-state index in [0.717, 1.165) is 18.7 Å². The van der Waals surface area contributed by atoms with E-state index in [-0.39, 0.29) is 18.3 Å². The number of benzene rings is 1. The lowest BCUT2D eigenvalue weighted by molar-refractivity contribution is 0.0963. The standard InChI is InChI=1S/C13H18N2O.ClH/c1-14-13(16)11-6-4-10(5-7-11)12-3-2-8-15-9-12;/h4-7,12,15H,2-3,8-9H2,1H3,(H,14,16);1H/t12-;/m0./s1. The van der Waals surface area contributed by atoms with E-state index < -0.39 is 0 Å². The van der Waals surface area contributed by atoms with Gasteiger partial charge < -0.3 is 10.6 Å². The Balaban J connectivity index is 0.00000144. The fourth-order valence-corrected chi connectivity index (χ4v) is 2.19. The number of nitrogens with one attached hydrogen (secondary N) is 2. The molecule has 2 rings (SSSR count). The molecule has 0 saturated carbocycles. The van der Waals surface area contributed by atoms with Gasteiger partial charge in [0, 0.05) is 19.2 Å². The Bertz CT molecular complexity index is 358.